The van der Waals surface area contributed by atoms with E-state index >= 15 is 0 Å². The Kier molecular flexibility index (Phi) is 3.99. The molecule has 1 atom stereocenters. The molecule has 0 unspecified atom stereocenters. The van der Waals surface area contributed by atoms with E-state index in [4.69, 9.17) is 10.5 Å². The van der Waals surface area contributed by atoms with Crippen molar-refractivity contribution < 1.29 is 4.74 Å². The van der Waals surface area contributed by atoms with Gasteiger partial charge in [0, 0.05) is 11.7 Å². The van der Waals surface area contributed by atoms with Crippen LogP contribution >= 0.6 is 0 Å². The minimum atomic E-state index is 0.0130. The molecular formula is C14H19N3O. The Bertz CT molecular complexity index is 490. The molecule has 0 amide bonds. The van der Waals surface area contributed by atoms with Crippen molar-refractivity contribution in [3.63, 3.8) is 0 Å². The van der Waals surface area contributed by atoms with Gasteiger partial charge in [-0.25, -0.2) is 4.98 Å². The summed E-state index contributed by atoms with van der Waals surface area (Å²) in [6.45, 7) is 4.72. The molecule has 1 heterocycles. The second-order valence-corrected chi connectivity index (χ2v) is 4.13. The van der Waals surface area contributed by atoms with Crippen molar-refractivity contribution in [1.29, 1.82) is 0 Å². The van der Waals surface area contributed by atoms with Crippen molar-refractivity contribution in [2.75, 3.05) is 6.61 Å². The lowest BCUT2D eigenvalue weighted by Gasteiger charge is -2.13. The summed E-state index contributed by atoms with van der Waals surface area (Å²) in [6.07, 6.45) is 4.51. The predicted octanol–water partition coefficient (Wildman–Crippen LogP) is 2.68. The van der Waals surface area contributed by atoms with E-state index in [0.29, 0.717) is 6.61 Å². The molecule has 4 nitrogen and oxygen atoms in total. The number of hydrogen-bond donors (Lipinski definition) is 1. The van der Waals surface area contributed by atoms with Crippen LogP contribution in [0.2, 0.25) is 0 Å². The quantitative estimate of drug-likeness (QED) is 0.881. The Morgan fingerprint density at radius 3 is 2.61 bits per heavy atom. The summed E-state index contributed by atoms with van der Waals surface area (Å²) in [6, 6.07) is 7.95. The van der Waals surface area contributed by atoms with Gasteiger partial charge in [0.15, 0.2) is 0 Å². The van der Waals surface area contributed by atoms with Crippen molar-refractivity contribution in [2.24, 2.45) is 5.73 Å². The summed E-state index contributed by atoms with van der Waals surface area (Å²) in [7, 11) is 0. The first-order chi connectivity index (χ1) is 8.76. The van der Waals surface area contributed by atoms with Gasteiger partial charge in [-0.2, -0.15) is 0 Å². The maximum Gasteiger partial charge on any atom is 0.119 e. The van der Waals surface area contributed by atoms with Crippen molar-refractivity contribution in [3.05, 3.63) is 42.5 Å². The van der Waals surface area contributed by atoms with Gasteiger partial charge in [-0.15, -0.1) is 0 Å². The average molecular weight is 245 g/mol. The molecule has 18 heavy (non-hydrogen) atoms. The lowest BCUT2D eigenvalue weighted by Crippen LogP contribution is -2.13. The molecule has 4 heteroatoms. The highest BCUT2D eigenvalue weighted by Gasteiger charge is 2.10. The zero-order valence-corrected chi connectivity index (χ0v) is 10.8. The second kappa shape index (κ2) is 5.69. The van der Waals surface area contributed by atoms with E-state index in [9.17, 15) is 0 Å². The van der Waals surface area contributed by atoms with Crippen LogP contribution in [0, 0.1) is 0 Å². The molecule has 2 rings (SSSR count). The Hall–Kier alpha value is -1.81. The van der Waals surface area contributed by atoms with Gasteiger partial charge in [0.25, 0.3) is 0 Å². The van der Waals surface area contributed by atoms with Gasteiger partial charge in [0.1, 0.15) is 5.75 Å². The summed E-state index contributed by atoms with van der Waals surface area (Å²) < 4.78 is 7.45. The molecule has 0 fully saturated rings. The highest BCUT2D eigenvalue weighted by molar-refractivity contribution is 5.39. The maximum atomic E-state index is 6.07. The summed E-state index contributed by atoms with van der Waals surface area (Å²) in [4.78, 5) is 4.18. The van der Waals surface area contributed by atoms with E-state index < -0.39 is 0 Å². The highest BCUT2D eigenvalue weighted by atomic mass is 16.5. The van der Waals surface area contributed by atoms with Crippen LogP contribution in [-0.2, 0) is 0 Å². The molecule has 96 valence electrons. The fourth-order valence-corrected chi connectivity index (χ4v) is 1.87. The van der Waals surface area contributed by atoms with E-state index in [0.717, 1.165) is 23.6 Å². The zero-order valence-electron chi connectivity index (χ0n) is 10.8. The van der Waals surface area contributed by atoms with Gasteiger partial charge in [0.2, 0.25) is 0 Å². The van der Waals surface area contributed by atoms with Crippen molar-refractivity contribution in [2.45, 2.75) is 26.3 Å². The molecule has 1 aromatic carbocycles. The van der Waals surface area contributed by atoms with Gasteiger partial charge in [-0.1, -0.05) is 6.92 Å². The Morgan fingerprint density at radius 1 is 1.28 bits per heavy atom. The molecule has 2 aromatic rings. The van der Waals surface area contributed by atoms with Crippen LogP contribution in [0.25, 0.3) is 5.69 Å². The molecule has 0 spiro atoms. The van der Waals surface area contributed by atoms with Crippen LogP contribution in [0.5, 0.6) is 5.75 Å². The number of rotatable bonds is 5. The van der Waals surface area contributed by atoms with Gasteiger partial charge < -0.3 is 15.0 Å². The molecule has 0 aliphatic heterocycles. The van der Waals surface area contributed by atoms with Gasteiger partial charge >= 0.3 is 0 Å². The Balaban J connectivity index is 2.28. The van der Waals surface area contributed by atoms with E-state index in [1.54, 1.807) is 6.33 Å². The standard InChI is InChI=1S/C14H19N3O/c1-3-13(15)14-9-16-10-17(14)11-5-7-12(8-6-11)18-4-2/h5-10,13H,3-4,15H2,1-2H3/t13-/m1/s1. The van der Waals surface area contributed by atoms with Crippen LogP contribution in [-0.4, -0.2) is 16.2 Å². The topological polar surface area (TPSA) is 53.1 Å². The Morgan fingerprint density at radius 2 is 2.00 bits per heavy atom. The molecule has 0 saturated carbocycles. The second-order valence-electron chi connectivity index (χ2n) is 4.13. The van der Waals surface area contributed by atoms with Crippen LogP contribution < -0.4 is 10.5 Å². The predicted molar refractivity (Wildman–Crippen MR) is 72.0 cm³/mol. The fourth-order valence-electron chi connectivity index (χ4n) is 1.87. The molecule has 0 radical (unpaired) electrons. The lowest BCUT2D eigenvalue weighted by molar-refractivity contribution is 0.340. The highest BCUT2D eigenvalue weighted by Crippen LogP contribution is 2.20. The molecule has 0 aliphatic carbocycles. The Labute approximate surface area is 107 Å². The summed E-state index contributed by atoms with van der Waals surface area (Å²) in [5.74, 6) is 0.878. The summed E-state index contributed by atoms with van der Waals surface area (Å²) in [5, 5.41) is 0. The first-order valence-corrected chi connectivity index (χ1v) is 6.27. The van der Waals surface area contributed by atoms with Crippen LogP contribution in [0.3, 0.4) is 0 Å². The third-order valence-corrected chi connectivity index (χ3v) is 2.91. The van der Waals surface area contributed by atoms with Gasteiger partial charge in [0.05, 0.1) is 24.8 Å². The minimum absolute atomic E-state index is 0.0130. The van der Waals surface area contributed by atoms with Crippen molar-refractivity contribution in [1.82, 2.24) is 9.55 Å². The number of nitrogens with two attached hydrogens (primary N) is 1. The first-order valence-electron chi connectivity index (χ1n) is 6.27. The molecule has 0 aliphatic rings. The SMILES string of the molecule is CCOc1ccc(-n2cncc2[C@H](N)CC)cc1. The van der Waals surface area contributed by atoms with Crippen LogP contribution in [0.1, 0.15) is 32.0 Å². The number of ether oxygens (including phenoxy) is 1. The van der Waals surface area contributed by atoms with Gasteiger partial charge in [-0.05, 0) is 37.6 Å². The monoisotopic (exact) mass is 245 g/mol. The number of benzene rings is 1. The molecule has 2 N–H and O–H groups in total. The van der Waals surface area contributed by atoms with E-state index in [-0.39, 0.29) is 6.04 Å². The minimum Gasteiger partial charge on any atom is -0.494 e. The fraction of sp³-hybridized carbons (Fsp3) is 0.357. The molecular weight excluding hydrogens is 226 g/mol. The number of imidazole rings is 1. The van der Waals surface area contributed by atoms with Crippen LogP contribution in [0.4, 0.5) is 0 Å². The van der Waals surface area contributed by atoms with Crippen LogP contribution in [0.15, 0.2) is 36.8 Å². The lowest BCUT2D eigenvalue weighted by atomic mass is 10.2. The van der Waals surface area contributed by atoms with Crippen molar-refractivity contribution in [3.8, 4) is 11.4 Å². The third-order valence-electron chi connectivity index (χ3n) is 2.91. The van der Waals surface area contributed by atoms with Gasteiger partial charge in [-0.3, -0.25) is 0 Å². The summed E-state index contributed by atoms with van der Waals surface area (Å²) in [5.41, 5.74) is 8.15. The zero-order chi connectivity index (χ0) is 13.0. The normalized spacial score (nSPS) is 12.4. The molecule has 1 aromatic heterocycles. The van der Waals surface area contributed by atoms with E-state index in [1.165, 1.54) is 0 Å². The number of nitrogens with zero attached hydrogens (tertiary/aromatic N) is 2. The number of aromatic nitrogens is 2. The van der Waals surface area contributed by atoms with Crippen molar-refractivity contribution >= 4 is 0 Å². The number of hydrogen-bond acceptors (Lipinski definition) is 3. The summed E-state index contributed by atoms with van der Waals surface area (Å²) >= 11 is 0. The van der Waals surface area contributed by atoms with E-state index in [1.807, 2.05) is 42.0 Å². The average Bonchev–Trinajstić information content (AvgIpc) is 2.88. The maximum absolute atomic E-state index is 6.07. The van der Waals surface area contributed by atoms with E-state index in [2.05, 4.69) is 11.9 Å². The smallest absolute Gasteiger partial charge is 0.119 e. The first kappa shape index (κ1) is 12.6. The largest absolute Gasteiger partial charge is 0.494 e. The molecule has 0 saturated heterocycles. The molecule has 0 bridgehead atoms. The third kappa shape index (κ3) is 2.54.